The summed E-state index contributed by atoms with van der Waals surface area (Å²) in [5.74, 6) is 0.0890. The highest BCUT2D eigenvalue weighted by Gasteiger charge is 2.76. The summed E-state index contributed by atoms with van der Waals surface area (Å²) in [4.78, 5) is 24.5. The number of imidazole rings is 1. The van der Waals surface area contributed by atoms with Crippen LogP contribution in [0, 0.1) is 86.8 Å². The Balaban J connectivity index is 1.08. The topological polar surface area (TPSA) is 227 Å². The summed E-state index contributed by atoms with van der Waals surface area (Å²) in [5, 5.41) is 88.1. The first-order valence-corrected chi connectivity index (χ1v) is 31.5. The van der Waals surface area contributed by atoms with Crippen molar-refractivity contribution in [2.75, 3.05) is 25.5 Å². The Bertz CT molecular complexity index is 2460. The summed E-state index contributed by atoms with van der Waals surface area (Å²) in [6.45, 7) is 8.41. The number of nitrogens with one attached hydrogen (secondary N) is 1. The van der Waals surface area contributed by atoms with E-state index in [1.165, 1.54) is 44.1 Å². The molecule has 408 valence electrons. The maximum Gasteiger partial charge on any atom is 0.190 e. The number of nitrogens with zero attached hydrogens (tertiary/aromatic N) is 3. The molecule has 74 heavy (non-hydrogen) atoms. The van der Waals surface area contributed by atoms with Crippen molar-refractivity contribution in [2.45, 2.75) is 185 Å². The van der Waals surface area contributed by atoms with E-state index < -0.39 is 58.7 Å². The predicted octanol–water partition coefficient (Wildman–Crippen LogP) is 7.26. The van der Waals surface area contributed by atoms with Crippen molar-refractivity contribution in [1.82, 2.24) is 14.9 Å². The second-order valence-corrected chi connectivity index (χ2v) is 29.8. The van der Waals surface area contributed by atoms with Gasteiger partial charge in [0.15, 0.2) is 11.7 Å². The Morgan fingerprint density at radius 1 is 1.00 bits per heavy atom. The molecule has 0 radical (unpaired) electrons. The molecule has 0 amide bonds. The Kier molecular flexibility index (Phi) is 13.7. The van der Waals surface area contributed by atoms with Gasteiger partial charge in [-0.15, -0.1) is 0 Å². The van der Waals surface area contributed by atoms with Crippen LogP contribution in [0.15, 0.2) is 57.7 Å². The smallest absolute Gasteiger partial charge is 0.190 e. The molecule has 1 spiro atoms. The maximum absolute atomic E-state index is 15.0. The summed E-state index contributed by atoms with van der Waals surface area (Å²) < 4.78 is 2.30. The van der Waals surface area contributed by atoms with E-state index in [2.05, 4.69) is 34.9 Å². The third-order valence-corrected chi connectivity index (χ3v) is 26.3. The second-order valence-electron chi connectivity index (χ2n) is 27.2. The van der Waals surface area contributed by atoms with Crippen molar-refractivity contribution in [3.8, 4) is 0 Å². The molecule has 10 aliphatic carbocycles. The molecule has 12 rings (SSSR count). The van der Waals surface area contributed by atoms with Gasteiger partial charge in [-0.2, -0.15) is 0 Å². The van der Waals surface area contributed by atoms with Crippen LogP contribution in [0.3, 0.4) is 0 Å². The molecule has 13 nitrogen and oxygen atoms in total. The van der Waals surface area contributed by atoms with Crippen LogP contribution in [-0.4, -0.2) is 118 Å². The molecule has 8 fully saturated rings. The molecule has 1 aromatic heterocycles. The number of hydrogen-bond donors (Lipinski definition) is 9. The van der Waals surface area contributed by atoms with Gasteiger partial charge in [-0.1, -0.05) is 71.1 Å². The minimum absolute atomic E-state index is 0.0114. The summed E-state index contributed by atoms with van der Waals surface area (Å²) in [7, 11) is 3.61. The van der Waals surface area contributed by atoms with Gasteiger partial charge in [-0.25, -0.2) is 4.98 Å². The van der Waals surface area contributed by atoms with Crippen molar-refractivity contribution in [3.63, 3.8) is 0 Å². The molecule has 1 aliphatic heterocycles. The fourth-order valence-corrected chi connectivity index (χ4v) is 24.3. The first-order valence-electron chi connectivity index (χ1n) is 29.1. The van der Waals surface area contributed by atoms with Crippen LogP contribution >= 0.6 is 21.6 Å². The Labute approximate surface area is 447 Å². The van der Waals surface area contributed by atoms with Crippen molar-refractivity contribution in [1.29, 1.82) is 0 Å². The SMILES string of the molecule is C[C@H](O)NC(N)=NC[C@@H]1C[C@]2(CO)[C@@H]3C[C@H]([C@@H](CCCO)SSC[C@@H](n4ccnc4)CC(C)(C)C4=C5C[C@H]6CC[C@@H]7CCC[C@@]7(C6)[C@@H]5C5=C6[C@@H](CCC5)C[C@@H]3[C@H](O)[C@H]64)[C@@]2(O)C2=CC(=O)[C@@H]3C[C@@H](O)[C@@H](O)C[C@]3(C)[C@H]21. The molecule has 7 saturated carbocycles. The number of rotatable bonds is 8. The van der Waals surface area contributed by atoms with Gasteiger partial charge in [0.25, 0.3) is 0 Å². The quantitative estimate of drug-likeness (QED) is 0.0412. The fourth-order valence-electron chi connectivity index (χ4n) is 20.9. The molecule has 0 unspecified atom stereocenters. The molecule has 10 N–H and O–H groups in total. The molecule has 0 aromatic carbocycles. The summed E-state index contributed by atoms with van der Waals surface area (Å²) in [5.41, 5.74) is 9.66. The molecule has 1 saturated heterocycles. The number of aliphatic hydroxyl groups excluding tert-OH is 6. The first-order chi connectivity index (χ1) is 35.4. The lowest BCUT2D eigenvalue weighted by Crippen LogP contribution is -2.67. The molecular formula is C59H87N5O8S2. The molecule has 1 aromatic rings. The van der Waals surface area contributed by atoms with Gasteiger partial charge < -0.3 is 51.4 Å². The molecule has 11 aliphatic rings. The van der Waals surface area contributed by atoms with E-state index in [9.17, 15) is 35.7 Å². The summed E-state index contributed by atoms with van der Waals surface area (Å²) in [6, 6.07) is 0.0863. The zero-order chi connectivity index (χ0) is 51.9. The predicted molar refractivity (Wildman–Crippen MR) is 289 cm³/mol. The lowest BCUT2D eigenvalue weighted by molar-refractivity contribution is -0.186. The zero-order valence-electron chi connectivity index (χ0n) is 44.5. The minimum atomic E-state index is -1.72. The first kappa shape index (κ1) is 52.5. The van der Waals surface area contributed by atoms with Crippen LogP contribution in [0.5, 0.6) is 0 Å². The number of aliphatic hydroxyl groups is 7. The molecule has 2 heterocycles. The number of fused-ring (bicyclic) bond motifs is 14. The number of ketones is 1. The van der Waals surface area contributed by atoms with Crippen LogP contribution in [-0.2, 0) is 4.79 Å². The third kappa shape index (κ3) is 7.80. The standard InChI is InChI=1S/C59H87N5O8S2/c1-31(67)63-54(60)62-27-34-24-58(29-66)40-20-42(59(58,72)43-22-44(68)41-21-45(69)46(70)26-56(41,4)50(34)43)47(11-7-17-65)74-73-28-36(64-16-15-61-30-64)25-55(2,3)52-39-18-32-12-13-35-9-6-14-57(35,23-32)51(39)37-10-5-8-33-19-38(40)53(71)49(52)48(33)37/h15-16,22,30-36,38,40-42,45-47,49-51,53,65-67,69-72H,5-14,17-21,23-29H2,1-4H3,(H3,60,62,63)/t31-,32+,33-,34-,35-,36-,38-,40+,41-,42+,45+,46-,47+,49+,50-,51+,53-,56-,57-,58-,59+/m0/s1. The normalized spacial score (nSPS) is 47.9. The average Bonchev–Trinajstić information content (AvgIpc) is 4.17. The highest BCUT2D eigenvalue weighted by molar-refractivity contribution is 8.76. The molecule has 6 bridgehead atoms. The lowest BCUT2D eigenvalue weighted by Gasteiger charge is -2.65. The third-order valence-electron chi connectivity index (χ3n) is 23.2. The zero-order valence-corrected chi connectivity index (χ0v) is 46.1. The van der Waals surface area contributed by atoms with Crippen LogP contribution < -0.4 is 11.1 Å². The van der Waals surface area contributed by atoms with Gasteiger partial charge in [0, 0.05) is 71.7 Å². The Morgan fingerprint density at radius 2 is 1.82 bits per heavy atom. The number of carbonyl (C=O) groups excluding carboxylic acids is 1. The van der Waals surface area contributed by atoms with Gasteiger partial charge in [-0.05, 0) is 185 Å². The largest absolute Gasteiger partial charge is 0.396 e. The van der Waals surface area contributed by atoms with Gasteiger partial charge in [-0.3, -0.25) is 9.79 Å². The minimum Gasteiger partial charge on any atom is -0.396 e. The fraction of sp³-hybridized carbons (Fsp3) is 0.814. The second kappa shape index (κ2) is 19.3. The summed E-state index contributed by atoms with van der Waals surface area (Å²) >= 11 is 0. The van der Waals surface area contributed by atoms with Crippen molar-refractivity contribution in [3.05, 3.63) is 52.7 Å². The number of allylic oxidation sites excluding steroid dienone is 3. The van der Waals surface area contributed by atoms with E-state index in [1.54, 1.807) is 40.5 Å². The monoisotopic (exact) mass is 1060 g/mol. The van der Waals surface area contributed by atoms with Crippen molar-refractivity contribution < 1.29 is 40.5 Å². The average molecular weight is 1060 g/mol. The molecule has 15 heteroatoms. The van der Waals surface area contributed by atoms with Gasteiger partial charge in [0.1, 0.15) is 6.23 Å². The number of carbonyl (C=O) groups is 1. The van der Waals surface area contributed by atoms with Crippen LogP contribution in [0.25, 0.3) is 0 Å². The van der Waals surface area contributed by atoms with E-state index in [4.69, 9.17) is 10.7 Å². The van der Waals surface area contributed by atoms with Gasteiger partial charge in [0.05, 0.1) is 36.8 Å². The van der Waals surface area contributed by atoms with E-state index in [0.717, 1.165) is 50.2 Å². The summed E-state index contributed by atoms with van der Waals surface area (Å²) in [6.07, 6.45) is 20.0. The van der Waals surface area contributed by atoms with Gasteiger partial charge in [0.2, 0.25) is 0 Å². The Morgan fingerprint density at radius 3 is 2.58 bits per heavy atom. The molecular weight excluding hydrogens is 971 g/mol. The number of guanidine groups is 1. The van der Waals surface area contributed by atoms with E-state index in [0.29, 0.717) is 48.5 Å². The van der Waals surface area contributed by atoms with Crippen molar-refractivity contribution in [2.24, 2.45) is 97.5 Å². The maximum atomic E-state index is 15.0. The number of aliphatic imine (C=N–C) groups is 1. The molecule has 21 atom stereocenters. The van der Waals surface area contributed by atoms with Crippen LogP contribution in [0.1, 0.15) is 149 Å². The van der Waals surface area contributed by atoms with Gasteiger partial charge >= 0.3 is 0 Å². The Hall–Kier alpha value is -2.21. The van der Waals surface area contributed by atoms with Crippen LogP contribution in [0.2, 0.25) is 0 Å². The highest BCUT2D eigenvalue weighted by Crippen LogP contribution is 2.76. The van der Waals surface area contributed by atoms with E-state index >= 15 is 4.79 Å². The number of aromatic nitrogens is 2. The van der Waals surface area contributed by atoms with E-state index in [-0.39, 0.29) is 90.6 Å². The van der Waals surface area contributed by atoms with Crippen molar-refractivity contribution >= 4 is 33.3 Å². The lowest BCUT2D eigenvalue weighted by atomic mass is 9.41. The van der Waals surface area contributed by atoms with E-state index in [1.807, 2.05) is 30.2 Å². The highest BCUT2D eigenvalue weighted by atomic mass is 33.1. The van der Waals surface area contributed by atoms with Crippen LogP contribution in [0.4, 0.5) is 0 Å². The number of hydrogen-bond acceptors (Lipinski definition) is 12. The number of nitrogens with two attached hydrogens (primary N) is 1.